The highest BCUT2D eigenvalue weighted by Gasteiger charge is 2.35. The number of carboxylic acid groups (broad SMARTS) is 2. The summed E-state index contributed by atoms with van der Waals surface area (Å²) in [4.78, 5) is 19.9. The summed E-state index contributed by atoms with van der Waals surface area (Å²) in [5.41, 5.74) is 5.00. The molecular formula is C8H16NO7P. The van der Waals surface area contributed by atoms with Gasteiger partial charge in [0.05, 0.1) is 0 Å². The van der Waals surface area contributed by atoms with Crippen LogP contribution in [0.5, 0.6) is 0 Å². The van der Waals surface area contributed by atoms with Crippen molar-refractivity contribution in [3.05, 3.63) is 0 Å². The predicted molar refractivity (Wildman–Crippen MR) is 57.7 cm³/mol. The van der Waals surface area contributed by atoms with E-state index in [1.165, 1.54) is 0 Å². The number of hydrogen-bond donors (Lipinski definition) is 3. The second-order valence-electron chi connectivity index (χ2n) is 3.73. The lowest BCUT2D eigenvalue weighted by Gasteiger charge is -2.32. The van der Waals surface area contributed by atoms with Crippen LogP contribution >= 0.6 is 8.25 Å². The van der Waals surface area contributed by atoms with Gasteiger partial charge in [0.1, 0.15) is 6.04 Å². The van der Waals surface area contributed by atoms with Gasteiger partial charge in [-0.25, -0.2) is 0 Å². The largest absolute Gasteiger partial charge is 0.481 e. The Morgan fingerprint density at radius 1 is 1.35 bits per heavy atom. The lowest BCUT2D eigenvalue weighted by molar-refractivity contribution is -0.157. The molecule has 0 aliphatic carbocycles. The van der Waals surface area contributed by atoms with E-state index in [1.807, 2.05) is 0 Å². The molecule has 1 fully saturated rings. The number of carbonyl (C=O) groups is 2. The molecule has 1 atom stereocenters. The number of hydrogen-bond acceptors (Lipinski definition) is 6. The van der Waals surface area contributed by atoms with Crippen molar-refractivity contribution in [2.24, 2.45) is 5.73 Å². The van der Waals surface area contributed by atoms with E-state index in [-0.39, 0.29) is 12.8 Å². The van der Waals surface area contributed by atoms with E-state index in [2.05, 4.69) is 9.05 Å². The van der Waals surface area contributed by atoms with Crippen molar-refractivity contribution in [2.45, 2.75) is 38.5 Å². The van der Waals surface area contributed by atoms with Gasteiger partial charge < -0.3 is 15.9 Å². The fourth-order valence-electron chi connectivity index (χ4n) is 0.811. The third-order valence-electron chi connectivity index (χ3n) is 1.64. The van der Waals surface area contributed by atoms with E-state index < -0.39 is 32.0 Å². The Kier molecular flexibility index (Phi) is 6.33. The van der Waals surface area contributed by atoms with Crippen LogP contribution in [0.15, 0.2) is 0 Å². The van der Waals surface area contributed by atoms with E-state index in [4.69, 9.17) is 15.9 Å². The molecule has 0 bridgehead atoms. The summed E-state index contributed by atoms with van der Waals surface area (Å²) in [6.45, 7) is 3.44. The third kappa shape index (κ3) is 7.87. The lowest BCUT2D eigenvalue weighted by Crippen LogP contribution is -2.30. The minimum Gasteiger partial charge on any atom is -0.481 e. The topological polar surface area (TPSA) is 136 Å². The van der Waals surface area contributed by atoms with Crippen molar-refractivity contribution in [3.63, 3.8) is 0 Å². The first-order valence-electron chi connectivity index (χ1n) is 4.76. The summed E-state index contributed by atoms with van der Waals surface area (Å²) >= 11 is 0. The van der Waals surface area contributed by atoms with Crippen molar-refractivity contribution in [2.75, 3.05) is 0 Å². The number of carboxylic acids is 2. The second kappa shape index (κ2) is 6.70. The fourth-order valence-corrected chi connectivity index (χ4v) is 1.63. The number of rotatable bonds is 4. The maximum atomic E-state index is 10.1. The van der Waals surface area contributed by atoms with Crippen LogP contribution in [-0.2, 0) is 23.2 Å². The molecule has 1 saturated heterocycles. The van der Waals surface area contributed by atoms with Crippen LogP contribution in [0.1, 0.15) is 26.7 Å². The van der Waals surface area contributed by atoms with E-state index >= 15 is 0 Å². The van der Waals surface area contributed by atoms with E-state index in [9.17, 15) is 14.2 Å². The molecule has 8 nitrogen and oxygen atoms in total. The highest BCUT2D eigenvalue weighted by Crippen LogP contribution is 2.46. The van der Waals surface area contributed by atoms with Crippen LogP contribution < -0.4 is 5.73 Å². The molecule has 0 aromatic heterocycles. The highest BCUT2D eigenvalue weighted by atomic mass is 31.1. The zero-order valence-corrected chi connectivity index (χ0v) is 10.5. The number of nitrogens with two attached hydrogens (primary N) is 1. The van der Waals surface area contributed by atoms with Crippen LogP contribution in [0.2, 0.25) is 0 Å². The van der Waals surface area contributed by atoms with Gasteiger partial charge in [-0.15, -0.1) is 0 Å². The zero-order chi connectivity index (χ0) is 13.6. The van der Waals surface area contributed by atoms with Crippen molar-refractivity contribution in [1.29, 1.82) is 0 Å². The van der Waals surface area contributed by atoms with Gasteiger partial charge in [-0.05, 0) is 20.3 Å². The molecule has 1 aliphatic heterocycles. The SMILES string of the molecule is CC1(C)O[PH](=O)O1.NC(CCC(=O)O)C(=O)O. The predicted octanol–water partition coefficient (Wildman–Crippen LogP) is 0.422. The molecule has 1 unspecified atom stereocenters. The lowest BCUT2D eigenvalue weighted by atomic mass is 10.2. The Hall–Kier alpha value is -0.950. The van der Waals surface area contributed by atoms with E-state index in [0.717, 1.165) is 0 Å². The average molecular weight is 269 g/mol. The van der Waals surface area contributed by atoms with Gasteiger partial charge in [0, 0.05) is 6.42 Å². The van der Waals surface area contributed by atoms with Gasteiger partial charge in [-0.2, -0.15) is 0 Å². The standard InChI is InChI=1S/C5H9NO4.C3H7O3P/c6-3(5(9)10)1-2-4(7)8;1-3(2)5-7(4)6-3/h3H,1-2,6H2,(H,7,8)(H,9,10);7H,1-2H3. The summed E-state index contributed by atoms with van der Waals surface area (Å²) < 4.78 is 19.4. The molecule has 0 amide bonds. The molecular weight excluding hydrogens is 253 g/mol. The summed E-state index contributed by atoms with van der Waals surface area (Å²) in [6.07, 6.45) is -0.224. The summed E-state index contributed by atoms with van der Waals surface area (Å²) in [5.74, 6) is -2.77. The molecule has 0 spiro atoms. The molecule has 17 heavy (non-hydrogen) atoms. The Morgan fingerprint density at radius 2 is 1.82 bits per heavy atom. The Labute approximate surface area is 98.7 Å². The molecule has 1 heterocycles. The Morgan fingerprint density at radius 3 is 2.00 bits per heavy atom. The monoisotopic (exact) mass is 269 g/mol. The molecule has 1 rings (SSSR count). The summed E-state index contributed by atoms with van der Waals surface area (Å²) in [6, 6.07) is -1.06. The first-order chi connectivity index (χ1) is 7.64. The van der Waals surface area contributed by atoms with Gasteiger partial charge in [-0.1, -0.05) is 0 Å². The highest BCUT2D eigenvalue weighted by molar-refractivity contribution is 7.34. The van der Waals surface area contributed by atoms with Gasteiger partial charge in [0.25, 0.3) is 0 Å². The number of aliphatic carboxylic acids is 2. The summed E-state index contributed by atoms with van der Waals surface area (Å²) in [5, 5.41) is 16.3. The van der Waals surface area contributed by atoms with Crippen molar-refractivity contribution >= 4 is 20.2 Å². The van der Waals surface area contributed by atoms with Crippen LogP contribution in [0.25, 0.3) is 0 Å². The van der Waals surface area contributed by atoms with Gasteiger partial charge in [0.2, 0.25) is 0 Å². The quantitative estimate of drug-likeness (QED) is 0.624. The Bertz CT molecular complexity index is 307. The fraction of sp³-hybridized carbons (Fsp3) is 0.750. The first kappa shape index (κ1) is 16.1. The molecule has 0 saturated carbocycles. The zero-order valence-electron chi connectivity index (χ0n) is 9.50. The van der Waals surface area contributed by atoms with Gasteiger partial charge in [-0.3, -0.25) is 23.2 Å². The molecule has 0 aromatic carbocycles. The second-order valence-corrected chi connectivity index (χ2v) is 4.64. The maximum absolute atomic E-state index is 10.1. The van der Waals surface area contributed by atoms with Gasteiger partial charge in [0.15, 0.2) is 5.79 Å². The van der Waals surface area contributed by atoms with Crippen LogP contribution in [-0.4, -0.2) is 34.0 Å². The molecule has 0 radical (unpaired) electrons. The molecule has 9 heteroatoms. The Balaban J connectivity index is 0.000000318. The van der Waals surface area contributed by atoms with Crippen LogP contribution in [0.4, 0.5) is 0 Å². The van der Waals surface area contributed by atoms with Gasteiger partial charge >= 0.3 is 20.2 Å². The minimum atomic E-state index is -2.05. The maximum Gasteiger partial charge on any atom is 0.324 e. The molecule has 4 N–H and O–H groups in total. The smallest absolute Gasteiger partial charge is 0.324 e. The minimum absolute atomic E-state index is 0.0231. The average Bonchev–Trinajstić information content (AvgIpc) is 2.11. The molecule has 100 valence electrons. The van der Waals surface area contributed by atoms with E-state index in [1.54, 1.807) is 13.8 Å². The summed E-state index contributed by atoms with van der Waals surface area (Å²) in [7, 11) is -2.05. The third-order valence-corrected chi connectivity index (χ3v) is 2.96. The van der Waals surface area contributed by atoms with Crippen molar-refractivity contribution in [3.8, 4) is 0 Å². The van der Waals surface area contributed by atoms with Crippen LogP contribution in [0, 0.1) is 0 Å². The molecule has 1 aliphatic rings. The van der Waals surface area contributed by atoms with Crippen LogP contribution in [0.3, 0.4) is 0 Å². The normalized spacial score (nSPS) is 19.5. The van der Waals surface area contributed by atoms with Crippen molar-refractivity contribution < 1.29 is 33.4 Å². The molecule has 0 aromatic rings. The van der Waals surface area contributed by atoms with Crippen molar-refractivity contribution in [1.82, 2.24) is 0 Å². The van der Waals surface area contributed by atoms with E-state index in [0.29, 0.717) is 0 Å². The first-order valence-corrected chi connectivity index (χ1v) is 5.98.